The molecule has 2 rings (SSSR count). The van der Waals surface area contributed by atoms with Crippen molar-refractivity contribution in [1.82, 2.24) is 5.32 Å². The third kappa shape index (κ3) is 5.83. The Labute approximate surface area is 159 Å². The third-order valence-electron chi connectivity index (χ3n) is 4.37. The van der Waals surface area contributed by atoms with Gasteiger partial charge in [0, 0.05) is 39.3 Å². The van der Waals surface area contributed by atoms with E-state index in [4.69, 9.17) is 18.9 Å². The van der Waals surface area contributed by atoms with Crippen molar-refractivity contribution >= 4 is 17.5 Å². The summed E-state index contributed by atoms with van der Waals surface area (Å²) in [5.74, 6) is 0.579. The van der Waals surface area contributed by atoms with Gasteiger partial charge in [-0.1, -0.05) is 0 Å². The van der Waals surface area contributed by atoms with Crippen LogP contribution in [0, 0.1) is 5.92 Å². The predicted octanol–water partition coefficient (Wildman–Crippen LogP) is 1.23. The molecule has 0 aromatic heterocycles. The number of anilines is 1. The molecule has 1 saturated heterocycles. The van der Waals surface area contributed by atoms with E-state index in [2.05, 4.69) is 5.32 Å². The van der Waals surface area contributed by atoms with Gasteiger partial charge < -0.3 is 29.2 Å². The molecule has 0 saturated carbocycles. The summed E-state index contributed by atoms with van der Waals surface area (Å²) in [5, 5.41) is 2.87. The van der Waals surface area contributed by atoms with Gasteiger partial charge in [-0.3, -0.25) is 9.59 Å². The van der Waals surface area contributed by atoms with E-state index in [9.17, 15) is 9.59 Å². The summed E-state index contributed by atoms with van der Waals surface area (Å²) in [6.45, 7) is 2.48. The van der Waals surface area contributed by atoms with Crippen LogP contribution in [0.15, 0.2) is 18.2 Å². The standard InChI is InChI=1S/C19H28N2O6/c1-24-9-10-27-8-4-7-20-19(23)14-11-18(22)21(13-14)16-12-15(25-2)5-6-17(16)26-3/h5-6,12,14H,4,7-11,13H2,1-3H3,(H,20,23). The summed E-state index contributed by atoms with van der Waals surface area (Å²) in [7, 11) is 4.73. The van der Waals surface area contributed by atoms with Crippen LogP contribution in [0.1, 0.15) is 12.8 Å². The van der Waals surface area contributed by atoms with Crippen LogP contribution in [0.4, 0.5) is 5.69 Å². The van der Waals surface area contributed by atoms with Gasteiger partial charge >= 0.3 is 0 Å². The van der Waals surface area contributed by atoms with Gasteiger partial charge in [-0.15, -0.1) is 0 Å². The van der Waals surface area contributed by atoms with Crippen LogP contribution < -0.4 is 19.7 Å². The fraction of sp³-hybridized carbons (Fsp3) is 0.579. The van der Waals surface area contributed by atoms with E-state index >= 15 is 0 Å². The Balaban J connectivity index is 1.87. The van der Waals surface area contributed by atoms with Crippen molar-refractivity contribution in [2.45, 2.75) is 12.8 Å². The van der Waals surface area contributed by atoms with Crippen molar-refractivity contribution in [3.63, 3.8) is 0 Å². The number of hydrogen-bond acceptors (Lipinski definition) is 6. The predicted molar refractivity (Wildman–Crippen MR) is 100 cm³/mol. The molecule has 0 radical (unpaired) electrons. The largest absolute Gasteiger partial charge is 0.497 e. The lowest BCUT2D eigenvalue weighted by atomic mass is 10.1. The number of carbonyl (C=O) groups excluding carboxylic acids is 2. The molecule has 1 fully saturated rings. The van der Waals surface area contributed by atoms with Gasteiger partial charge in [-0.2, -0.15) is 0 Å². The number of benzene rings is 1. The van der Waals surface area contributed by atoms with Crippen LogP contribution in [0.2, 0.25) is 0 Å². The fourth-order valence-corrected chi connectivity index (χ4v) is 2.90. The molecule has 1 heterocycles. The molecule has 8 nitrogen and oxygen atoms in total. The molecule has 2 amide bonds. The number of nitrogens with zero attached hydrogens (tertiary/aromatic N) is 1. The van der Waals surface area contributed by atoms with Gasteiger partial charge in [-0.25, -0.2) is 0 Å². The van der Waals surface area contributed by atoms with Crippen LogP contribution in [0.3, 0.4) is 0 Å². The zero-order valence-corrected chi connectivity index (χ0v) is 16.2. The second-order valence-electron chi connectivity index (χ2n) is 6.19. The molecule has 0 bridgehead atoms. The lowest BCUT2D eigenvalue weighted by molar-refractivity contribution is -0.126. The molecule has 1 aromatic carbocycles. The molecule has 150 valence electrons. The Bertz CT molecular complexity index is 637. The zero-order chi connectivity index (χ0) is 19.6. The van der Waals surface area contributed by atoms with Gasteiger partial charge in [0.15, 0.2) is 0 Å². The molecular weight excluding hydrogens is 352 g/mol. The summed E-state index contributed by atoms with van der Waals surface area (Å²) in [6, 6.07) is 5.26. The second-order valence-corrected chi connectivity index (χ2v) is 6.19. The number of carbonyl (C=O) groups is 2. The van der Waals surface area contributed by atoms with Gasteiger partial charge in [-0.05, 0) is 18.6 Å². The van der Waals surface area contributed by atoms with E-state index in [0.717, 1.165) is 0 Å². The van der Waals surface area contributed by atoms with E-state index in [1.807, 2.05) is 0 Å². The molecule has 1 atom stereocenters. The average molecular weight is 380 g/mol. The van der Waals surface area contributed by atoms with Crippen molar-refractivity contribution in [2.75, 3.05) is 59.1 Å². The topological polar surface area (TPSA) is 86.3 Å². The number of rotatable bonds is 11. The van der Waals surface area contributed by atoms with E-state index in [-0.39, 0.29) is 24.2 Å². The van der Waals surface area contributed by atoms with E-state index in [1.54, 1.807) is 44.4 Å². The Morgan fingerprint density at radius 3 is 2.70 bits per heavy atom. The van der Waals surface area contributed by atoms with E-state index in [1.165, 1.54) is 0 Å². The highest BCUT2D eigenvalue weighted by Gasteiger charge is 2.36. The first-order chi connectivity index (χ1) is 13.1. The van der Waals surface area contributed by atoms with Crippen molar-refractivity contribution in [2.24, 2.45) is 5.92 Å². The summed E-state index contributed by atoms with van der Waals surface area (Å²) in [4.78, 5) is 26.4. The minimum atomic E-state index is -0.386. The Morgan fingerprint density at radius 1 is 1.19 bits per heavy atom. The number of ether oxygens (including phenoxy) is 4. The van der Waals surface area contributed by atoms with Gasteiger partial charge in [0.1, 0.15) is 11.5 Å². The van der Waals surface area contributed by atoms with Crippen LogP contribution >= 0.6 is 0 Å². The molecular formula is C19H28N2O6. The lowest BCUT2D eigenvalue weighted by Gasteiger charge is -2.20. The summed E-state index contributed by atoms with van der Waals surface area (Å²) in [6.07, 6.45) is 0.889. The Hall–Kier alpha value is -2.32. The normalized spacial score (nSPS) is 16.5. The summed E-state index contributed by atoms with van der Waals surface area (Å²) in [5.41, 5.74) is 0.615. The first kappa shape index (κ1) is 21.0. The van der Waals surface area contributed by atoms with Gasteiger partial charge in [0.25, 0.3) is 0 Å². The molecule has 1 unspecified atom stereocenters. The third-order valence-corrected chi connectivity index (χ3v) is 4.37. The van der Waals surface area contributed by atoms with Gasteiger partial charge in [0.2, 0.25) is 11.8 Å². The highest BCUT2D eigenvalue weighted by atomic mass is 16.5. The minimum absolute atomic E-state index is 0.107. The van der Waals surface area contributed by atoms with Crippen molar-refractivity contribution in [3.8, 4) is 11.5 Å². The van der Waals surface area contributed by atoms with Crippen LogP contribution in [0.25, 0.3) is 0 Å². The summed E-state index contributed by atoms with van der Waals surface area (Å²) < 4.78 is 20.8. The molecule has 1 aliphatic rings. The Kier molecular flexibility index (Phi) is 8.35. The smallest absolute Gasteiger partial charge is 0.227 e. The van der Waals surface area contributed by atoms with Crippen LogP contribution in [0.5, 0.6) is 11.5 Å². The van der Waals surface area contributed by atoms with Crippen LogP contribution in [-0.2, 0) is 19.1 Å². The van der Waals surface area contributed by atoms with E-state index < -0.39 is 0 Å². The molecule has 1 aromatic rings. The number of nitrogens with one attached hydrogen (secondary N) is 1. The molecule has 8 heteroatoms. The summed E-state index contributed by atoms with van der Waals surface area (Å²) >= 11 is 0. The number of hydrogen-bond donors (Lipinski definition) is 1. The van der Waals surface area contributed by atoms with Crippen molar-refractivity contribution in [3.05, 3.63) is 18.2 Å². The Morgan fingerprint density at radius 2 is 2.00 bits per heavy atom. The van der Waals surface area contributed by atoms with Crippen molar-refractivity contribution < 1.29 is 28.5 Å². The lowest BCUT2D eigenvalue weighted by Crippen LogP contribution is -2.34. The van der Waals surface area contributed by atoms with Crippen LogP contribution in [-0.4, -0.2) is 66.1 Å². The highest BCUT2D eigenvalue weighted by molar-refractivity contribution is 6.01. The maximum atomic E-state index is 12.5. The quantitative estimate of drug-likeness (QED) is 0.581. The molecule has 1 aliphatic heterocycles. The average Bonchev–Trinajstić information content (AvgIpc) is 3.08. The highest BCUT2D eigenvalue weighted by Crippen LogP contribution is 2.36. The number of methoxy groups -OCH3 is 3. The molecule has 0 aliphatic carbocycles. The molecule has 27 heavy (non-hydrogen) atoms. The maximum Gasteiger partial charge on any atom is 0.227 e. The second kappa shape index (κ2) is 10.7. The molecule has 0 spiro atoms. The monoisotopic (exact) mass is 380 g/mol. The zero-order valence-electron chi connectivity index (χ0n) is 16.2. The SMILES string of the molecule is COCCOCCCNC(=O)C1CC(=O)N(c2cc(OC)ccc2OC)C1. The first-order valence-corrected chi connectivity index (χ1v) is 8.97. The van der Waals surface area contributed by atoms with Gasteiger partial charge in [0.05, 0.1) is 39.0 Å². The molecule has 1 N–H and O–H groups in total. The number of amides is 2. The van der Waals surface area contributed by atoms with E-state index in [0.29, 0.717) is 56.5 Å². The first-order valence-electron chi connectivity index (χ1n) is 8.97. The van der Waals surface area contributed by atoms with Crippen molar-refractivity contribution in [1.29, 1.82) is 0 Å². The maximum absolute atomic E-state index is 12.5. The fourth-order valence-electron chi connectivity index (χ4n) is 2.90. The minimum Gasteiger partial charge on any atom is -0.497 e.